The molecule has 0 aromatic heterocycles. The molecule has 2 unspecified atom stereocenters. The number of ether oxygens (including phenoxy) is 2. The van der Waals surface area contributed by atoms with Crippen molar-refractivity contribution in [1.82, 2.24) is 4.90 Å². The van der Waals surface area contributed by atoms with Crippen LogP contribution in [0.5, 0.6) is 0 Å². The molecule has 2 aromatic carbocycles. The lowest BCUT2D eigenvalue weighted by Crippen LogP contribution is -2.51. The Labute approximate surface area is 157 Å². The molecule has 1 saturated heterocycles. The first-order valence-electron chi connectivity index (χ1n) is 8.92. The number of nitrogens with zero attached hydrogens (tertiary/aromatic N) is 1. The largest absolute Gasteiger partial charge is 0.400 e. The monoisotopic (exact) mass is 379 g/mol. The van der Waals surface area contributed by atoms with Crippen LogP contribution >= 0.6 is 0 Å². The van der Waals surface area contributed by atoms with Crippen molar-refractivity contribution in [3.05, 3.63) is 71.8 Å². The summed E-state index contributed by atoms with van der Waals surface area (Å²) in [5.74, 6) is 0. The summed E-state index contributed by atoms with van der Waals surface area (Å²) in [4.78, 5) is 1.80. The zero-order valence-corrected chi connectivity index (χ0v) is 15.3. The molecule has 6 heteroatoms. The van der Waals surface area contributed by atoms with Gasteiger partial charge in [0.1, 0.15) is 5.41 Å². The standard InChI is InChI=1S/C21H24F3NO2/c1-26-16-20(21(22,23)24)15-25(12-17-8-4-2-5-9-17)13-19(20)27-14-18-10-6-3-7-11-18/h2-11,19H,12-16H2,1H3. The van der Waals surface area contributed by atoms with Gasteiger partial charge >= 0.3 is 6.18 Å². The maximum absolute atomic E-state index is 14.1. The van der Waals surface area contributed by atoms with Gasteiger partial charge in [-0.05, 0) is 11.1 Å². The van der Waals surface area contributed by atoms with Crippen LogP contribution in [0.15, 0.2) is 60.7 Å². The highest BCUT2D eigenvalue weighted by Gasteiger charge is 2.64. The van der Waals surface area contributed by atoms with Gasteiger partial charge in [-0.3, -0.25) is 4.90 Å². The van der Waals surface area contributed by atoms with Gasteiger partial charge in [-0.1, -0.05) is 60.7 Å². The van der Waals surface area contributed by atoms with Crippen molar-refractivity contribution in [3.63, 3.8) is 0 Å². The molecule has 1 heterocycles. The maximum atomic E-state index is 14.1. The minimum absolute atomic E-state index is 0.140. The lowest BCUT2D eigenvalue weighted by molar-refractivity contribution is -0.263. The second kappa shape index (κ2) is 8.42. The van der Waals surface area contributed by atoms with Crippen LogP contribution in [0.4, 0.5) is 13.2 Å². The minimum Gasteiger partial charge on any atom is -0.384 e. The van der Waals surface area contributed by atoms with E-state index in [0.29, 0.717) is 6.54 Å². The topological polar surface area (TPSA) is 21.7 Å². The van der Waals surface area contributed by atoms with E-state index in [1.165, 1.54) is 7.11 Å². The van der Waals surface area contributed by atoms with Crippen LogP contribution in [-0.2, 0) is 22.6 Å². The molecule has 146 valence electrons. The van der Waals surface area contributed by atoms with E-state index in [-0.39, 0.29) is 19.7 Å². The van der Waals surface area contributed by atoms with E-state index < -0.39 is 24.3 Å². The SMILES string of the molecule is COCC1(C(F)(F)F)CN(Cc2ccccc2)CC1OCc1ccccc1. The molecule has 0 bridgehead atoms. The molecule has 0 aliphatic carbocycles. The first-order valence-corrected chi connectivity index (χ1v) is 8.92. The van der Waals surface area contributed by atoms with E-state index in [1.54, 1.807) is 4.90 Å². The van der Waals surface area contributed by atoms with Gasteiger partial charge in [0.05, 0.1) is 19.3 Å². The van der Waals surface area contributed by atoms with Crippen molar-refractivity contribution in [2.45, 2.75) is 25.4 Å². The van der Waals surface area contributed by atoms with Crippen LogP contribution < -0.4 is 0 Å². The fourth-order valence-corrected chi connectivity index (χ4v) is 3.67. The van der Waals surface area contributed by atoms with Gasteiger partial charge in [0.2, 0.25) is 0 Å². The van der Waals surface area contributed by atoms with Gasteiger partial charge in [0, 0.05) is 26.7 Å². The smallest absolute Gasteiger partial charge is 0.384 e. The second-order valence-corrected chi connectivity index (χ2v) is 7.03. The first kappa shape index (κ1) is 19.9. The predicted molar refractivity (Wildman–Crippen MR) is 97.1 cm³/mol. The number of likely N-dealkylation sites (tertiary alicyclic amines) is 1. The van der Waals surface area contributed by atoms with Gasteiger partial charge in [0.25, 0.3) is 0 Å². The summed E-state index contributed by atoms with van der Waals surface area (Å²) in [7, 11) is 1.31. The molecule has 27 heavy (non-hydrogen) atoms. The Kier molecular flexibility index (Phi) is 6.19. The van der Waals surface area contributed by atoms with E-state index in [9.17, 15) is 13.2 Å². The van der Waals surface area contributed by atoms with Crippen LogP contribution in [0.1, 0.15) is 11.1 Å². The van der Waals surface area contributed by atoms with Crippen LogP contribution in [0.25, 0.3) is 0 Å². The summed E-state index contributed by atoms with van der Waals surface area (Å²) >= 11 is 0. The van der Waals surface area contributed by atoms with E-state index >= 15 is 0 Å². The molecule has 2 aromatic rings. The third-order valence-electron chi connectivity index (χ3n) is 5.06. The van der Waals surface area contributed by atoms with E-state index in [0.717, 1.165) is 11.1 Å². The number of hydrogen-bond acceptors (Lipinski definition) is 3. The molecule has 3 nitrogen and oxygen atoms in total. The van der Waals surface area contributed by atoms with E-state index in [1.807, 2.05) is 60.7 Å². The normalized spacial score (nSPS) is 23.6. The Hall–Kier alpha value is -1.89. The summed E-state index contributed by atoms with van der Waals surface area (Å²) in [6, 6.07) is 18.8. The lowest BCUT2D eigenvalue weighted by atomic mass is 9.84. The molecule has 1 aliphatic heterocycles. The Balaban J connectivity index is 1.79. The van der Waals surface area contributed by atoms with Crippen molar-refractivity contribution >= 4 is 0 Å². The van der Waals surface area contributed by atoms with E-state index in [2.05, 4.69) is 0 Å². The van der Waals surface area contributed by atoms with Gasteiger partial charge in [-0.15, -0.1) is 0 Å². The molecule has 0 radical (unpaired) electrons. The molecule has 2 atom stereocenters. The highest BCUT2D eigenvalue weighted by Crippen LogP contribution is 2.47. The van der Waals surface area contributed by atoms with Crippen molar-refractivity contribution in [1.29, 1.82) is 0 Å². The third-order valence-corrected chi connectivity index (χ3v) is 5.06. The number of rotatable bonds is 7. The molecular weight excluding hydrogens is 355 g/mol. The second-order valence-electron chi connectivity index (χ2n) is 7.03. The first-order chi connectivity index (χ1) is 12.9. The molecule has 1 aliphatic rings. The van der Waals surface area contributed by atoms with Gasteiger partial charge in [-0.25, -0.2) is 0 Å². The zero-order valence-electron chi connectivity index (χ0n) is 15.3. The number of halogens is 3. The number of methoxy groups -OCH3 is 1. The molecule has 3 rings (SSSR count). The summed E-state index contributed by atoms with van der Waals surface area (Å²) in [6.45, 7) is 0.254. The van der Waals surface area contributed by atoms with Gasteiger partial charge in [0.15, 0.2) is 0 Å². The number of benzene rings is 2. The quantitative estimate of drug-likeness (QED) is 0.717. The fourth-order valence-electron chi connectivity index (χ4n) is 3.67. The van der Waals surface area contributed by atoms with Crippen molar-refractivity contribution in [3.8, 4) is 0 Å². The molecule has 0 N–H and O–H groups in total. The average molecular weight is 379 g/mol. The molecule has 0 amide bonds. The van der Waals surface area contributed by atoms with Crippen LogP contribution in [0, 0.1) is 5.41 Å². The van der Waals surface area contributed by atoms with E-state index in [4.69, 9.17) is 9.47 Å². The van der Waals surface area contributed by atoms with Crippen molar-refractivity contribution < 1.29 is 22.6 Å². The average Bonchev–Trinajstić information content (AvgIpc) is 3.00. The summed E-state index contributed by atoms with van der Waals surface area (Å²) < 4.78 is 53.1. The summed E-state index contributed by atoms with van der Waals surface area (Å²) in [6.07, 6.45) is -5.41. The Morgan fingerprint density at radius 2 is 1.59 bits per heavy atom. The summed E-state index contributed by atoms with van der Waals surface area (Å²) in [5, 5.41) is 0. The molecule has 0 spiro atoms. The Morgan fingerprint density at radius 1 is 1.00 bits per heavy atom. The fraction of sp³-hybridized carbons (Fsp3) is 0.429. The van der Waals surface area contributed by atoms with Crippen molar-refractivity contribution in [2.75, 3.05) is 26.8 Å². The molecular formula is C21H24F3NO2. The predicted octanol–water partition coefficient (Wildman–Crippen LogP) is 4.28. The molecule has 0 saturated carbocycles. The summed E-state index contributed by atoms with van der Waals surface area (Å²) in [5.41, 5.74) is -0.201. The van der Waals surface area contributed by atoms with Crippen LogP contribution in [-0.4, -0.2) is 44.0 Å². The van der Waals surface area contributed by atoms with Gasteiger partial charge in [-0.2, -0.15) is 13.2 Å². The van der Waals surface area contributed by atoms with Crippen molar-refractivity contribution in [2.24, 2.45) is 5.41 Å². The minimum atomic E-state index is -4.42. The lowest BCUT2D eigenvalue weighted by Gasteiger charge is -2.35. The highest BCUT2D eigenvalue weighted by atomic mass is 19.4. The van der Waals surface area contributed by atoms with Crippen LogP contribution in [0.3, 0.4) is 0 Å². The number of hydrogen-bond donors (Lipinski definition) is 0. The van der Waals surface area contributed by atoms with Crippen LogP contribution in [0.2, 0.25) is 0 Å². The number of alkyl halides is 3. The molecule has 1 fully saturated rings. The third kappa shape index (κ3) is 4.51. The maximum Gasteiger partial charge on any atom is 0.400 e. The van der Waals surface area contributed by atoms with Gasteiger partial charge < -0.3 is 9.47 Å². The zero-order chi connectivity index (χ0) is 19.3. The Morgan fingerprint density at radius 3 is 2.15 bits per heavy atom. The highest BCUT2D eigenvalue weighted by molar-refractivity contribution is 5.16. The Bertz CT molecular complexity index is 708.